The summed E-state index contributed by atoms with van der Waals surface area (Å²) in [5.41, 5.74) is 0. The number of hydrogen-bond donors (Lipinski definition) is 0. The Morgan fingerprint density at radius 3 is 1.12 bits per heavy atom. The second-order valence-electron chi connectivity index (χ2n) is 2.30. The number of nitriles is 2. The van der Waals surface area contributed by atoms with Crippen LogP contribution in [0.5, 0.6) is 11.5 Å². The van der Waals surface area contributed by atoms with Crippen LogP contribution < -0.4 is 9.47 Å². The smallest absolute Gasteiger partial charge is 0.292 e. The summed E-state index contributed by atoms with van der Waals surface area (Å²) >= 11 is 0. The lowest BCUT2D eigenvalue weighted by atomic mass is 10.2. The van der Waals surface area contributed by atoms with Gasteiger partial charge in [0.15, 0.2) is 0 Å². The van der Waals surface area contributed by atoms with Gasteiger partial charge in [-0.05, 0) is 0 Å². The van der Waals surface area contributed by atoms with Gasteiger partial charge < -0.3 is 9.47 Å². The van der Waals surface area contributed by atoms with Crippen molar-refractivity contribution >= 4 is 0 Å². The normalized spacial score (nSPS) is 9.12. The van der Waals surface area contributed by atoms with Gasteiger partial charge in [-0.15, -0.1) is 10.5 Å². The molecule has 1 rings (SSSR count). The molecule has 0 bridgehead atoms. The van der Waals surface area contributed by atoms with Crippen molar-refractivity contribution in [3.8, 4) is 24.0 Å². The molecule has 0 aliphatic carbocycles. The van der Waals surface area contributed by atoms with Crippen LogP contribution in [-0.2, 0) is 0 Å². The number of benzene rings is 1. The highest BCUT2D eigenvalue weighted by Crippen LogP contribution is 2.34. The average molecular weight is 232 g/mol. The topological polar surface area (TPSA) is 66.0 Å². The van der Waals surface area contributed by atoms with Gasteiger partial charge in [-0.25, -0.2) is 0 Å². The quantitative estimate of drug-likeness (QED) is 0.444. The van der Waals surface area contributed by atoms with E-state index in [1.165, 1.54) is 0 Å². The number of ether oxygens (including phenoxy) is 2. The Bertz CT molecular complexity index is 442. The second kappa shape index (κ2) is 4.36. The van der Waals surface area contributed by atoms with E-state index >= 15 is 0 Å². The van der Waals surface area contributed by atoms with Gasteiger partial charge in [-0.2, -0.15) is 17.6 Å². The fraction of sp³-hybridized carbons (Fsp3) is 0. The molecule has 0 saturated carbocycles. The average Bonchev–Trinajstić information content (AvgIpc) is 2.28. The molecule has 0 spiro atoms. The van der Waals surface area contributed by atoms with Crippen LogP contribution >= 0.6 is 0 Å². The SMILES string of the molecule is N#COc1c(F)c(F)c(OC#N)c(F)c1F. The molecule has 0 aromatic heterocycles. The summed E-state index contributed by atoms with van der Waals surface area (Å²) < 4.78 is 59.3. The van der Waals surface area contributed by atoms with Crippen molar-refractivity contribution in [1.29, 1.82) is 10.5 Å². The first-order chi connectivity index (χ1) is 7.54. The zero-order valence-electron chi connectivity index (χ0n) is 7.22. The first-order valence-corrected chi connectivity index (χ1v) is 3.52. The maximum Gasteiger partial charge on any atom is 0.292 e. The maximum absolute atomic E-state index is 13.0. The Hall–Kier alpha value is -2.48. The molecule has 0 aliphatic rings. The van der Waals surface area contributed by atoms with Gasteiger partial charge in [0, 0.05) is 0 Å². The highest BCUT2D eigenvalue weighted by atomic mass is 19.2. The van der Waals surface area contributed by atoms with E-state index in [0.717, 1.165) is 12.5 Å². The largest absolute Gasteiger partial charge is 0.381 e. The third-order valence-electron chi connectivity index (χ3n) is 1.48. The minimum absolute atomic E-state index is 0.852. The van der Waals surface area contributed by atoms with Crippen molar-refractivity contribution < 1.29 is 27.0 Å². The van der Waals surface area contributed by atoms with E-state index in [2.05, 4.69) is 9.47 Å². The number of halogens is 4. The van der Waals surface area contributed by atoms with Crippen LogP contribution in [0.25, 0.3) is 0 Å². The molecule has 1 aromatic rings. The highest BCUT2D eigenvalue weighted by molar-refractivity contribution is 5.39. The molecule has 0 unspecified atom stereocenters. The fourth-order valence-electron chi connectivity index (χ4n) is 0.862. The van der Waals surface area contributed by atoms with E-state index < -0.39 is 34.8 Å². The summed E-state index contributed by atoms with van der Waals surface area (Å²) in [5, 5.41) is 16.0. The van der Waals surface area contributed by atoms with Crippen molar-refractivity contribution in [2.75, 3.05) is 0 Å². The van der Waals surface area contributed by atoms with Crippen LogP contribution in [0.1, 0.15) is 0 Å². The Balaban J connectivity index is 3.52. The molecule has 0 amide bonds. The third-order valence-corrected chi connectivity index (χ3v) is 1.48. The van der Waals surface area contributed by atoms with E-state index in [4.69, 9.17) is 10.5 Å². The minimum Gasteiger partial charge on any atom is -0.381 e. The Labute approximate surface area is 85.8 Å². The molecule has 0 saturated heterocycles. The lowest BCUT2D eigenvalue weighted by molar-refractivity contribution is 0.340. The Kier molecular flexibility index (Phi) is 3.16. The summed E-state index contributed by atoms with van der Waals surface area (Å²) in [6.07, 6.45) is 1.70. The minimum atomic E-state index is -1.97. The van der Waals surface area contributed by atoms with Crippen molar-refractivity contribution in [2.24, 2.45) is 0 Å². The molecule has 0 N–H and O–H groups in total. The first-order valence-electron chi connectivity index (χ1n) is 3.52. The van der Waals surface area contributed by atoms with Crippen molar-refractivity contribution in [3.05, 3.63) is 23.3 Å². The van der Waals surface area contributed by atoms with E-state index in [0.29, 0.717) is 0 Å². The van der Waals surface area contributed by atoms with Gasteiger partial charge in [0.05, 0.1) is 0 Å². The predicted molar refractivity (Wildman–Crippen MR) is 38.8 cm³/mol. The molecule has 16 heavy (non-hydrogen) atoms. The second-order valence-corrected chi connectivity index (χ2v) is 2.30. The molecule has 0 atom stereocenters. The van der Waals surface area contributed by atoms with Gasteiger partial charge in [0.2, 0.25) is 34.8 Å². The summed E-state index contributed by atoms with van der Waals surface area (Å²) in [4.78, 5) is 0. The van der Waals surface area contributed by atoms with Crippen LogP contribution in [0.4, 0.5) is 17.6 Å². The van der Waals surface area contributed by atoms with Gasteiger partial charge in [0.25, 0.3) is 12.5 Å². The summed E-state index contributed by atoms with van der Waals surface area (Å²) in [6.45, 7) is 0. The predicted octanol–water partition coefficient (Wildman–Crippen LogP) is 1.96. The monoisotopic (exact) mass is 232 g/mol. The highest BCUT2D eigenvalue weighted by Gasteiger charge is 2.28. The zero-order valence-corrected chi connectivity index (χ0v) is 7.22. The van der Waals surface area contributed by atoms with Crippen molar-refractivity contribution in [3.63, 3.8) is 0 Å². The molecule has 0 aliphatic heterocycles. The van der Waals surface area contributed by atoms with Crippen LogP contribution in [0, 0.1) is 46.3 Å². The third kappa shape index (κ3) is 1.68. The molecule has 4 nitrogen and oxygen atoms in total. The number of hydrogen-bond acceptors (Lipinski definition) is 4. The number of rotatable bonds is 2. The van der Waals surface area contributed by atoms with Crippen LogP contribution in [-0.4, -0.2) is 0 Å². The molecule has 0 heterocycles. The van der Waals surface area contributed by atoms with Gasteiger partial charge in [0.1, 0.15) is 0 Å². The van der Waals surface area contributed by atoms with Crippen LogP contribution in [0.2, 0.25) is 0 Å². The van der Waals surface area contributed by atoms with Gasteiger partial charge in [-0.1, -0.05) is 0 Å². The van der Waals surface area contributed by atoms with E-state index in [9.17, 15) is 17.6 Å². The Morgan fingerprint density at radius 1 is 0.688 bits per heavy atom. The lowest BCUT2D eigenvalue weighted by Crippen LogP contribution is -2.03. The van der Waals surface area contributed by atoms with Gasteiger partial charge >= 0.3 is 0 Å². The Morgan fingerprint density at radius 2 is 0.938 bits per heavy atom. The van der Waals surface area contributed by atoms with E-state index in [1.807, 2.05) is 0 Å². The first kappa shape index (κ1) is 11.6. The summed E-state index contributed by atoms with van der Waals surface area (Å²) in [5.74, 6) is -10.9. The van der Waals surface area contributed by atoms with Gasteiger partial charge in [-0.3, -0.25) is 0 Å². The summed E-state index contributed by atoms with van der Waals surface area (Å²) in [7, 11) is 0. The maximum atomic E-state index is 13.0. The molecule has 1 aromatic carbocycles. The number of nitrogens with zero attached hydrogens (tertiary/aromatic N) is 2. The molecule has 82 valence electrons. The molecule has 0 fully saturated rings. The molecular weight excluding hydrogens is 232 g/mol. The van der Waals surface area contributed by atoms with Crippen LogP contribution in [0.3, 0.4) is 0 Å². The van der Waals surface area contributed by atoms with E-state index in [-0.39, 0.29) is 0 Å². The molecule has 8 heteroatoms. The molecule has 0 radical (unpaired) electrons. The standard InChI is InChI=1S/C8F4N2O2/c9-3-5(11)8(16-2-14)6(12)4(10)7(3)15-1-13. The summed E-state index contributed by atoms with van der Waals surface area (Å²) in [6, 6.07) is 0. The lowest BCUT2D eigenvalue weighted by Gasteiger charge is -2.06. The molecular formula is C8F4N2O2. The van der Waals surface area contributed by atoms with Crippen molar-refractivity contribution in [1.82, 2.24) is 0 Å². The van der Waals surface area contributed by atoms with Crippen LogP contribution in [0.15, 0.2) is 0 Å². The fourth-order valence-corrected chi connectivity index (χ4v) is 0.862. The van der Waals surface area contributed by atoms with E-state index in [1.54, 1.807) is 0 Å². The van der Waals surface area contributed by atoms with Crippen molar-refractivity contribution in [2.45, 2.75) is 0 Å². The zero-order chi connectivity index (χ0) is 12.3.